The molecule has 0 aliphatic rings. The molecule has 0 aliphatic carbocycles. The van der Waals surface area contributed by atoms with Crippen molar-refractivity contribution in [2.24, 2.45) is 7.05 Å². The minimum Gasteiger partial charge on any atom is -0.506 e. The molecule has 0 atom stereocenters. The van der Waals surface area contributed by atoms with Crippen LogP contribution in [0.15, 0.2) is 41.6 Å². The van der Waals surface area contributed by atoms with Crippen LogP contribution in [0.25, 0.3) is 0 Å². The van der Waals surface area contributed by atoms with Gasteiger partial charge in [-0.25, -0.2) is 0 Å². The van der Waals surface area contributed by atoms with Gasteiger partial charge in [-0.1, -0.05) is 0 Å². The molecule has 0 fully saturated rings. The highest BCUT2D eigenvalue weighted by molar-refractivity contribution is 6.04. The Morgan fingerprint density at radius 1 is 1.39 bits per heavy atom. The fourth-order valence-corrected chi connectivity index (χ4v) is 1.42. The lowest BCUT2D eigenvalue weighted by Gasteiger charge is -2.06. The van der Waals surface area contributed by atoms with E-state index in [9.17, 15) is 14.7 Å². The molecule has 2 heterocycles. The highest BCUT2D eigenvalue weighted by Gasteiger charge is 2.07. The summed E-state index contributed by atoms with van der Waals surface area (Å²) in [6.45, 7) is 0. The van der Waals surface area contributed by atoms with E-state index in [4.69, 9.17) is 0 Å². The van der Waals surface area contributed by atoms with Gasteiger partial charge in [0.15, 0.2) is 0 Å². The third-order valence-corrected chi connectivity index (χ3v) is 2.33. The lowest BCUT2D eigenvalue weighted by Crippen LogP contribution is -2.18. The van der Waals surface area contributed by atoms with Gasteiger partial charge in [0.25, 0.3) is 5.91 Å². The van der Waals surface area contributed by atoms with Crippen molar-refractivity contribution in [2.75, 3.05) is 5.32 Å². The molecule has 0 aromatic carbocycles. The smallest absolute Gasteiger partial charge is 0.257 e. The van der Waals surface area contributed by atoms with E-state index in [-0.39, 0.29) is 16.9 Å². The molecule has 6 heteroatoms. The quantitative estimate of drug-likeness (QED) is 0.817. The van der Waals surface area contributed by atoms with E-state index >= 15 is 0 Å². The average Bonchev–Trinajstić information content (AvgIpc) is 2.34. The number of carbonyl (C=O) groups excluding carboxylic acids is 1. The predicted octanol–water partition coefficient (Wildman–Crippen LogP) is 0.738. The second-order valence-electron chi connectivity index (χ2n) is 3.75. The van der Waals surface area contributed by atoms with Crippen LogP contribution in [-0.4, -0.2) is 20.6 Å². The summed E-state index contributed by atoms with van der Waals surface area (Å²) in [6, 6.07) is 4.18. The normalized spacial score (nSPS) is 10.1. The van der Waals surface area contributed by atoms with Crippen LogP contribution in [0.4, 0.5) is 5.69 Å². The average molecular weight is 245 g/mol. The first-order valence-corrected chi connectivity index (χ1v) is 5.18. The van der Waals surface area contributed by atoms with Crippen molar-refractivity contribution >= 4 is 11.6 Å². The molecule has 2 aromatic rings. The van der Waals surface area contributed by atoms with Crippen LogP contribution in [0.3, 0.4) is 0 Å². The third kappa shape index (κ3) is 2.54. The van der Waals surface area contributed by atoms with Gasteiger partial charge in [-0.15, -0.1) is 0 Å². The van der Waals surface area contributed by atoms with Gasteiger partial charge in [0.2, 0.25) is 5.56 Å². The van der Waals surface area contributed by atoms with Gasteiger partial charge in [0.1, 0.15) is 5.75 Å². The van der Waals surface area contributed by atoms with E-state index in [1.54, 1.807) is 7.05 Å². The maximum Gasteiger partial charge on any atom is 0.257 e. The van der Waals surface area contributed by atoms with Gasteiger partial charge < -0.3 is 15.0 Å². The predicted molar refractivity (Wildman–Crippen MR) is 65.5 cm³/mol. The molecule has 0 saturated carbocycles. The van der Waals surface area contributed by atoms with E-state index in [1.807, 2.05) is 0 Å². The zero-order valence-corrected chi connectivity index (χ0v) is 9.62. The monoisotopic (exact) mass is 245 g/mol. The number of hydrogen-bond acceptors (Lipinski definition) is 4. The summed E-state index contributed by atoms with van der Waals surface area (Å²) in [4.78, 5) is 26.7. The number of aryl methyl sites for hydroxylation is 1. The van der Waals surface area contributed by atoms with Crippen molar-refractivity contribution in [3.8, 4) is 5.75 Å². The van der Waals surface area contributed by atoms with Gasteiger partial charge in [-0.3, -0.25) is 14.6 Å². The number of aromatic nitrogens is 2. The first kappa shape index (κ1) is 11.8. The number of aromatic hydroxyl groups is 1. The second kappa shape index (κ2) is 4.70. The first-order valence-electron chi connectivity index (χ1n) is 5.18. The Kier molecular flexibility index (Phi) is 3.09. The van der Waals surface area contributed by atoms with Crippen LogP contribution in [0.1, 0.15) is 10.4 Å². The Morgan fingerprint density at radius 2 is 2.17 bits per heavy atom. The zero-order valence-electron chi connectivity index (χ0n) is 9.62. The molecule has 0 spiro atoms. The Balaban J connectivity index is 2.21. The number of rotatable bonds is 2. The first-order chi connectivity index (χ1) is 8.56. The van der Waals surface area contributed by atoms with Crippen molar-refractivity contribution in [2.45, 2.75) is 0 Å². The molecule has 2 aromatic heterocycles. The second-order valence-corrected chi connectivity index (χ2v) is 3.75. The molecule has 0 unspecified atom stereocenters. The summed E-state index contributed by atoms with van der Waals surface area (Å²) in [7, 11) is 1.59. The number of amides is 1. The SMILES string of the molecule is Cn1cc(NC(=O)c2cncc(O)c2)ccc1=O. The van der Waals surface area contributed by atoms with Crippen molar-refractivity contribution in [3.63, 3.8) is 0 Å². The highest BCUT2D eigenvalue weighted by atomic mass is 16.3. The van der Waals surface area contributed by atoms with Gasteiger partial charge in [0, 0.05) is 25.5 Å². The van der Waals surface area contributed by atoms with Gasteiger partial charge in [0.05, 0.1) is 17.4 Å². The summed E-state index contributed by atoms with van der Waals surface area (Å²) < 4.78 is 1.36. The van der Waals surface area contributed by atoms with Crippen LogP contribution in [0.2, 0.25) is 0 Å². The molecule has 0 radical (unpaired) electrons. The summed E-state index contributed by atoms with van der Waals surface area (Å²) in [5, 5.41) is 11.8. The van der Waals surface area contributed by atoms with Crippen molar-refractivity contribution < 1.29 is 9.90 Å². The fourth-order valence-electron chi connectivity index (χ4n) is 1.42. The number of carbonyl (C=O) groups is 1. The van der Waals surface area contributed by atoms with Gasteiger partial charge in [-0.05, 0) is 12.1 Å². The van der Waals surface area contributed by atoms with E-state index in [1.165, 1.54) is 41.4 Å². The Hall–Kier alpha value is -2.63. The molecule has 0 saturated heterocycles. The Morgan fingerprint density at radius 3 is 2.83 bits per heavy atom. The van der Waals surface area contributed by atoms with Crippen LogP contribution >= 0.6 is 0 Å². The van der Waals surface area contributed by atoms with Crippen molar-refractivity contribution in [3.05, 3.63) is 52.7 Å². The molecule has 18 heavy (non-hydrogen) atoms. The number of anilines is 1. The number of pyridine rings is 2. The van der Waals surface area contributed by atoms with E-state index in [2.05, 4.69) is 10.3 Å². The Labute approximate surface area is 103 Å². The molecular weight excluding hydrogens is 234 g/mol. The standard InChI is InChI=1S/C12H11N3O3/c1-15-7-9(2-3-11(15)17)14-12(18)8-4-10(16)6-13-5-8/h2-7,16H,1H3,(H,14,18). The molecule has 1 amide bonds. The van der Waals surface area contributed by atoms with Crippen LogP contribution in [-0.2, 0) is 7.05 Å². The molecule has 2 N–H and O–H groups in total. The van der Waals surface area contributed by atoms with E-state index < -0.39 is 5.91 Å². The Bertz CT molecular complexity index is 649. The van der Waals surface area contributed by atoms with Gasteiger partial charge in [-0.2, -0.15) is 0 Å². The lowest BCUT2D eigenvalue weighted by atomic mass is 10.2. The third-order valence-electron chi connectivity index (χ3n) is 2.33. The largest absolute Gasteiger partial charge is 0.506 e. The number of nitrogens with zero attached hydrogens (tertiary/aromatic N) is 2. The lowest BCUT2D eigenvalue weighted by molar-refractivity contribution is 0.102. The molecular formula is C12H11N3O3. The molecule has 2 rings (SSSR count). The van der Waals surface area contributed by atoms with Crippen molar-refractivity contribution in [1.29, 1.82) is 0 Å². The van der Waals surface area contributed by atoms with E-state index in [0.717, 1.165) is 0 Å². The topological polar surface area (TPSA) is 84.2 Å². The zero-order chi connectivity index (χ0) is 13.1. The maximum atomic E-state index is 11.8. The minimum absolute atomic E-state index is 0.0805. The van der Waals surface area contributed by atoms with E-state index in [0.29, 0.717) is 5.69 Å². The molecule has 92 valence electrons. The number of nitrogens with one attached hydrogen (secondary N) is 1. The van der Waals surface area contributed by atoms with Crippen LogP contribution in [0.5, 0.6) is 5.75 Å². The highest BCUT2D eigenvalue weighted by Crippen LogP contribution is 2.11. The number of hydrogen-bond donors (Lipinski definition) is 2. The van der Waals surface area contributed by atoms with Crippen molar-refractivity contribution in [1.82, 2.24) is 9.55 Å². The van der Waals surface area contributed by atoms with Crippen LogP contribution < -0.4 is 10.9 Å². The molecule has 6 nitrogen and oxygen atoms in total. The molecule has 0 bridgehead atoms. The molecule has 0 aliphatic heterocycles. The summed E-state index contributed by atoms with van der Waals surface area (Å²) >= 11 is 0. The fraction of sp³-hybridized carbons (Fsp3) is 0.0833. The summed E-state index contributed by atoms with van der Waals surface area (Å²) in [5.41, 5.74) is 0.571. The van der Waals surface area contributed by atoms with Crippen LogP contribution in [0, 0.1) is 0 Å². The summed E-state index contributed by atoms with van der Waals surface area (Å²) in [5.74, 6) is -0.486. The maximum absolute atomic E-state index is 11.8. The summed E-state index contributed by atoms with van der Waals surface area (Å²) in [6.07, 6.45) is 4.09. The van der Waals surface area contributed by atoms with Gasteiger partial charge >= 0.3 is 0 Å². The minimum atomic E-state index is -0.406.